The number of rotatable bonds is 6. The van der Waals surface area contributed by atoms with Crippen molar-refractivity contribution in [1.29, 1.82) is 0 Å². The predicted molar refractivity (Wildman–Crippen MR) is 98.3 cm³/mol. The first-order valence-corrected chi connectivity index (χ1v) is 8.88. The number of pyridine rings is 1. The van der Waals surface area contributed by atoms with E-state index in [9.17, 15) is 18.8 Å². The molecule has 0 unspecified atom stereocenters. The first-order chi connectivity index (χ1) is 13.5. The normalized spacial score (nSPS) is 13.2. The zero-order valence-corrected chi connectivity index (χ0v) is 14.9. The number of imide groups is 1. The highest BCUT2D eigenvalue weighted by atomic mass is 19.1. The van der Waals surface area contributed by atoms with Crippen molar-refractivity contribution in [3.05, 3.63) is 71.4 Å². The lowest BCUT2D eigenvalue weighted by molar-refractivity contribution is -0.121. The van der Waals surface area contributed by atoms with Crippen molar-refractivity contribution in [2.75, 3.05) is 13.1 Å². The zero-order valence-electron chi connectivity index (χ0n) is 14.9. The summed E-state index contributed by atoms with van der Waals surface area (Å²) in [6, 6.07) is 9.54. The monoisotopic (exact) mass is 380 g/mol. The summed E-state index contributed by atoms with van der Waals surface area (Å²) in [4.78, 5) is 42.0. The van der Waals surface area contributed by atoms with Crippen LogP contribution in [0.4, 0.5) is 4.39 Å². The van der Waals surface area contributed by atoms with Crippen molar-refractivity contribution < 1.29 is 18.8 Å². The fourth-order valence-corrected chi connectivity index (χ4v) is 3.21. The lowest BCUT2D eigenvalue weighted by Gasteiger charge is -2.13. The summed E-state index contributed by atoms with van der Waals surface area (Å²) in [5.41, 5.74) is 2.10. The zero-order chi connectivity index (χ0) is 19.7. The molecule has 0 bridgehead atoms. The molecule has 3 amide bonds. The van der Waals surface area contributed by atoms with Gasteiger partial charge in [-0.25, -0.2) is 9.37 Å². The van der Waals surface area contributed by atoms with Gasteiger partial charge in [-0.15, -0.1) is 0 Å². The molecule has 0 atom stereocenters. The van der Waals surface area contributed by atoms with Crippen LogP contribution in [-0.4, -0.2) is 45.1 Å². The van der Waals surface area contributed by atoms with Gasteiger partial charge in [0.05, 0.1) is 16.8 Å². The Morgan fingerprint density at radius 2 is 1.75 bits per heavy atom. The molecule has 3 aromatic rings. The Morgan fingerprint density at radius 1 is 1.04 bits per heavy atom. The van der Waals surface area contributed by atoms with E-state index in [-0.39, 0.29) is 36.5 Å². The lowest BCUT2D eigenvalue weighted by atomic mass is 10.1. The van der Waals surface area contributed by atoms with E-state index in [4.69, 9.17) is 0 Å². The molecule has 1 aliphatic rings. The van der Waals surface area contributed by atoms with E-state index in [1.165, 1.54) is 12.3 Å². The minimum Gasteiger partial charge on any atom is -0.356 e. The van der Waals surface area contributed by atoms with Gasteiger partial charge in [0.1, 0.15) is 11.5 Å². The van der Waals surface area contributed by atoms with E-state index in [0.29, 0.717) is 29.7 Å². The Morgan fingerprint density at radius 3 is 2.46 bits per heavy atom. The molecule has 1 aliphatic heterocycles. The molecule has 4 rings (SSSR count). The maximum absolute atomic E-state index is 13.2. The number of carbonyl (C=O) groups is 3. The van der Waals surface area contributed by atoms with Crippen molar-refractivity contribution in [2.45, 2.75) is 12.8 Å². The SMILES string of the molecule is O=C(CCN1C(=O)c2ccccc2C1=O)NCCc1cn2cc(F)ccc2n1. The van der Waals surface area contributed by atoms with Gasteiger partial charge in [-0.3, -0.25) is 19.3 Å². The molecule has 8 heteroatoms. The summed E-state index contributed by atoms with van der Waals surface area (Å²) >= 11 is 0. The molecule has 0 saturated carbocycles. The van der Waals surface area contributed by atoms with Crippen LogP contribution in [0.3, 0.4) is 0 Å². The highest BCUT2D eigenvalue weighted by Crippen LogP contribution is 2.22. The highest BCUT2D eigenvalue weighted by Gasteiger charge is 2.34. The molecular formula is C20H17FN4O3. The van der Waals surface area contributed by atoms with Crippen LogP contribution in [0.1, 0.15) is 32.8 Å². The van der Waals surface area contributed by atoms with Crippen molar-refractivity contribution in [2.24, 2.45) is 0 Å². The standard InChI is InChI=1S/C20H17FN4O3/c21-13-5-6-17-23-14(12-24(17)11-13)7-9-22-18(26)8-10-25-19(27)15-3-1-2-4-16(15)20(25)28/h1-6,11-12H,7-10H2,(H,22,26). The Kier molecular flexibility index (Phi) is 4.60. The Hall–Kier alpha value is -3.55. The highest BCUT2D eigenvalue weighted by molar-refractivity contribution is 6.21. The summed E-state index contributed by atoms with van der Waals surface area (Å²) in [7, 11) is 0. The number of hydrogen-bond acceptors (Lipinski definition) is 4. The molecule has 0 saturated heterocycles. The van der Waals surface area contributed by atoms with Gasteiger partial charge in [0.25, 0.3) is 11.8 Å². The molecular weight excluding hydrogens is 363 g/mol. The third-order valence-electron chi connectivity index (χ3n) is 4.61. The smallest absolute Gasteiger partial charge is 0.261 e. The third-order valence-corrected chi connectivity index (χ3v) is 4.61. The molecule has 7 nitrogen and oxygen atoms in total. The van der Waals surface area contributed by atoms with Gasteiger partial charge in [-0.2, -0.15) is 0 Å². The van der Waals surface area contributed by atoms with E-state index in [2.05, 4.69) is 10.3 Å². The first kappa shape index (κ1) is 17.8. The summed E-state index contributed by atoms with van der Waals surface area (Å²) < 4.78 is 14.8. The van der Waals surface area contributed by atoms with Gasteiger partial charge in [0, 0.05) is 38.3 Å². The van der Waals surface area contributed by atoms with Gasteiger partial charge in [-0.1, -0.05) is 12.1 Å². The number of imidazole rings is 1. The average molecular weight is 380 g/mol. The second-order valence-corrected chi connectivity index (χ2v) is 6.50. The molecule has 28 heavy (non-hydrogen) atoms. The number of amides is 3. The van der Waals surface area contributed by atoms with Crippen LogP contribution < -0.4 is 5.32 Å². The van der Waals surface area contributed by atoms with Crippen LogP contribution in [0, 0.1) is 5.82 Å². The Balaban J connectivity index is 1.27. The molecule has 0 fully saturated rings. The van der Waals surface area contributed by atoms with Crippen molar-refractivity contribution in [1.82, 2.24) is 19.6 Å². The van der Waals surface area contributed by atoms with Crippen LogP contribution in [0.2, 0.25) is 0 Å². The van der Waals surface area contributed by atoms with Crippen LogP contribution >= 0.6 is 0 Å². The quantitative estimate of drug-likeness (QED) is 0.661. The molecule has 142 valence electrons. The largest absolute Gasteiger partial charge is 0.356 e. The topological polar surface area (TPSA) is 83.8 Å². The van der Waals surface area contributed by atoms with Crippen LogP contribution in [0.15, 0.2) is 48.8 Å². The molecule has 0 aliphatic carbocycles. The number of nitrogens with zero attached hydrogens (tertiary/aromatic N) is 3. The second kappa shape index (κ2) is 7.22. The van der Waals surface area contributed by atoms with Crippen LogP contribution in [0.5, 0.6) is 0 Å². The number of fused-ring (bicyclic) bond motifs is 2. The molecule has 3 heterocycles. The number of aromatic nitrogens is 2. The molecule has 2 aromatic heterocycles. The molecule has 1 N–H and O–H groups in total. The number of benzene rings is 1. The molecule has 0 radical (unpaired) electrons. The van der Waals surface area contributed by atoms with Gasteiger partial charge in [-0.05, 0) is 24.3 Å². The maximum atomic E-state index is 13.2. The number of halogens is 1. The summed E-state index contributed by atoms with van der Waals surface area (Å²) in [5, 5.41) is 2.75. The van der Waals surface area contributed by atoms with Gasteiger partial charge in [0.15, 0.2) is 0 Å². The van der Waals surface area contributed by atoms with Crippen molar-refractivity contribution in [3.8, 4) is 0 Å². The van der Waals surface area contributed by atoms with Gasteiger partial charge < -0.3 is 9.72 Å². The summed E-state index contributed by atoms with van der Waals surface area (Å²) in [5.74, 6) is -1.35. The number of hydrogen-bond donors (Lipinski definition) is 1. The second-order valence-electron chi connectivity index (χ2n) is 6.50. The first-order valence-electron chi connectivity index (χ1n) is 8.88. The van der Waals surface area contributed by atoms with Crippen LogP contribution in [-0.2, 0) is 11.2 Å². The van der Waals surface area contributed by atoms with Crippen molar-refractivity contribution >= 4 is 23.4 Å². The lowest BCUT2D eigenvalue weighted by Crippen LogP contribution is -2.35. The van der Waals surface area contributed by atoms with E-state index in [0.717, 1.165) is 10.6 Å². The molecule has 1 aromatic carbocycles. The van der Waals surface area contributed by atoms with E-state index >= 15 is 0 Å². The Bertz CT molecular complexity index is 1060. The summed E-state index contributed by atoms with van der Waals surface area (Å²) in [6.45, 7) is 0.388. The summed E-state index contributed by atoms with van der Waals surface area (Å²) in [6.07, 6.45) is 3.57. The number of nitrogens with one attached hydrogen (secondary N) is 1. The average Bonchev–Trinajstić information content (AvgIpc) is 3.19. The maximum Gasteiger partial charge on any atom is 0.261 e. The van der Waals surface area contributed by atoms with Gasteiger partial charge in [0.2, 0.25) is 5.91 Å². The fraction of sp³-hybridized carbons (Fsp3) is 0.200. The van der Waals surface area contributed by atoms with Gasteiger partial charge >= 0.3 is 0 Å². The Labute approximate surface area is 159 Å². The minimum absolute atomic E-state index is 0.0296. The van der Waals surface area contributed by atoms with E-state index in [1.54, 1.807) is 40.9 Å². The predicted octanol–water partition coefficient (Wildman–Crippen LogP) is 1.82. The van der Waals surface area contributed by atoms with Crippen molar-refractivity contribution in [3.63, 3.8) is 0 Å². The van der Waals surface area contributed by atoms with Crippen LogP contribution in [0.25, 0.3) is 5.65 Å². The number of carbonyl (C=O) groups excluding carboxylic acids is 3. The molecule has 0 spiro atoms. The third kappa shape index (κ3) is 3.36. The fourth-order valence-electron chi connectivity index (χ4n) is 3.21. The van der Waals surface area contributed by atoms with E-state index < -0.39 is 0 Å². The minimum atomic E-state index is -0.370. The van der Waals surface area contributed by atoms with E-state index in [1.807, 2.05) is 0 Å².